The van der Waals surface area contributed by atoms with Crippen molar-refractivity contribution in [2.24, 2.45) is 23.0 Å². The third-order valence-corrected chi connectivity index (χ3v) is 11.6. The van der Waals surface area contributed by atoms with Gasteiger partial charge in [0.05, 0.1) is 13.2 Å². The predicted octanol–water partition coefficient (Wildman–Crippen LogP) is 11.8. The van der Waals surface area contributed by atoms with E-state index >= 15 is 0 Å². The van der Waals surface area contributed by atoms with E-state index in [1.54, 1.807) is 14.2 Å². The van der Waals surface area contributed by atoms with Gasteiger partial charge in [-0.2, -0.15) is 5.06 Å². The van der Waals surface area contributed by atoms with Crippen LogP contribution in [-0.4, -0.2) is 128 Å². The molecule has 0 aliphatic carbocycles. The number of allylic oxidation sites excluding steroid dienone is 1. The number of rotatable bonds is 21. The number of benzene rings is 2. The summed E-state index contributed by atoms with van der Waals surface area (Å²) in [4.78, 5) is 25.6. The van der Waals surface area contributed by atoms with Gasteiger partial charge in [-0.05, 0) is 129 Å². The average Bonchev–Trinajstić information content (AvgIpc) is 3.59. The first-order valence-electron chi connectivity index (χ1n) is 24.6. The van der Waals surface area contributed by atoms with Crippen LogP contribution in [0, 0.1) is 22.7 Å². The number of piperidine rings is 1. The summed E-state index contributed by atoms with van der Waals surface area (Å²) in [5.41, 5.74) is 15.7. The van der Waals surface area contributed by atoms with Gasteiger partial charge >= 0.3 is 0 Å². The molecule has 2 saturated heterocycles. The Morgan fingerprint density at radius 3 is 2.27 bits per heavy atom. The second-order valence-corrected chi connectivity index (χ2v) is 19.1. The Kier molecular flexibility index (Phi) is 36.6. The molecule has 3 atom stereocenters. The largest absolute Gasteiger partial charge is 0.379 e. The second kappa shape index (κ2) is 37.7. The van der Waals surface area contributed by atoms with Crippen molar-refractivity contribution >= 4 is 29.3 Å². The highest BCUT2D eigenvalue weighted by Crippen LogP contribution is 2.40. The van der Waals surface area contributed by atoms with E-state index in [2.05, 4.69) is 124 Å². The predicted molar refractivity (Wildman–Crippen MR) is 300 cm³/mol. The van der Waals surface area contributed by atoms with Crippen LogP contribution in [0.4, 0.5) is 0 Å². The van der Waals surface area contributed by atoms with E-state index in [9.17, 15) is 10.1 Å². The molecule has 2 fully saturated rings. The Morgan fingerprint density at radius 1 is 1.07 bits per heavy atom. The maximum atomic E-state index is 11.1. The minimum atomic E-state index is -0.321. The van der Waals surface area contributed by atoms with Gasteiger partial charge in [-0.3, -0.25) is 15.5 Å². The Morgan fingerprint density at radius 2 is 1.73 bits per heavy atom. The van der Waals surface area contributed by atoms with Crippen molar-refractivity contribution in [3.8, 4) is 11.1 Å². The number of hydroxylamine groups is 2. The number of ether oxygens (including phenoxy) is 2. The molecule has 14 nitrogen and oxygen atoms in total. The van der Waals surface area contributed by atoms with E-state index in [4.69, 9.17) is 30.6 Å². The molecule has 0 spiro atoms. The smallest absolute Gasteiger partial charge is 0.245 e. The fraction of sp³-hybridized carbons (Fsp3) is 0.625. The summed E-state index contributed by atoms with van der Waals surface area (Å²) in [6.07, 6.45) is 11.4. The molecule has 406 valence electrons. The molecule has 14 heteroatoms. The minimum Gasteiger partial charge on any atom is -0.379 e. The van der Waals surface area contributed by atoms with E-state index in [-0.39, 0.29) is 49.6 Å². The highest BCUT2D eigenvalue weighted by atomic mass is 17.1. The zero-order valence-electron chi connectivity index (χ0n) is 43.7. The molecular formula is C56H105N7O7. The van der Waals surface area contributed by atoms with E-state index in [1.807, 2.05) is 24.7 Å². The van der Waals surface area contributed by atoms with Crippen LogP contribution in [0.25, 0.3) is 22.0 Å². The van der Waals surface area contributed by atoms with E-state index in [1.165, 1.54) is 52.5 Å². The fourth-order valence-corrected chi connectivity index (χ4v) is 8.73. The lowest BCUT2D eigenvalue weighted by atomic mass is 9.82. The van der Waals surface area contributed by atoms with Crippen molar-refractivity contribution in [3.05, 3.63) is 84.6 Å². The normalized spacial score (nSPS) is 16.1. The molecule has 2 aromatic carbocycles. The van der Waals surface area contributed by atoms with Gasteiger partial charge in [0.25, 0.3) is 0 Å². The monoisotopic (exact) mass is 988 g/mol. The first-order chi connectivity index (χ1) is 32.5. The Balaban J connectivity index is -0.000000459. The standard InChI is InChI=1S/C37H54N4O4.C9H15NO.C5H13NO.C2H7N.CH2O.2CH4.3H2/c1-7-12-31(34(38)24-43-6)36-33(23-37(4,5)25-45-42)32-22-30(17-18-35(32)41(36)8-2)29-16-9-14-28(21-29)15-11-20-44-26-40-19-10-13-27(3)39-40;1-3-9(11)10-6-4-5-8(2)7-10;1-5(2)4-6(3)7;1-2-3;1-2;;;;;/h7,9,14,16-18,21-22,27,31,38-39,42H,1,8,10-13,15,19-20,23-26H2,2-6H3;3,8H,1,4-7H2,2H3;5,7H,4H2,1-3H3;2-3H2,1H3;1H2;2*1H4;3*1H/t27-,31?;8-;;;;;;;;/m10......../s1. The highest BCUT2D eigenvalue weighted by molar-refractivity contribution is 5.95. The van der Waals surface area contributed by atoms with Gasteiger partial charge in [0, 0.05) is 92.0 Å². The lowest BCUT2D eigenvalue weighted by Gasteiger charge is -2.31. The van der Waals surface area contributed by atoms with Crippen molar-refractivity contribution < 1.29 is 38.7 Å². The molecule has 2 aliphatic heterocycles. The Bertz CT molecular complexity index is 1910. The van der Waals surface area contributed by atoms with E-state index < -0.39 is 0 Å². The number of hydrazine groups is 1. The number of fused-ring (bicyclic) bond motifs is 1. The zero-order chi connectivity index (χ0) is 51.2. The molecule has 1 unspecified atom stereocenters. The molecule has 0 radical (unpaired) electrons. The summed E-state index contributed by atoms with van der Waals surface area (Å²) in [6, 6.07) is 16.1. The summed E-state index contributed by atoms with van der Waals surface area (Å²) >= 11 is 0. The van der Waals surface area contributed by atoms with Crippen molar-refractivity contribution in [2.75, 3.05) is 73.4 Å². The SMILES string of the molecule is C.C.C=CC(=O)N1CCC[C@H](C)C1.C=CCC(C(=N)COC)c1c(CC(C)(C)COO)c2cc(-c3cccc(CCCOCN4CCC[C@@H](C)N4)c3)ccc2n1CC.C=O.CC(C)CN(C)O.CCN.[HH].[HH].[HH]. The van der Waals surface area contributed by atoms with Crippen LogP contribution in [0.15, 0.2) is 67.8 Å². The topological polar surface area (TPSA) is 179 Å². The van der Waals surface area contributed by atoms with Gasteiger partial charge < -0.3 is 40.1 Å². The summed E-state index contributed by atoms with van der Waals surface area (Å²) in [5, 5.41) is 31.4. The van der Waals surface area contributed by atoms with Crippen LogP contribution in [0.5, 0.6) is 0 Å². The first-order valence-corrected chi connectivity index (χ1v) is 24.6. The van der Waals surface area contributed by atoms with E-state index in [0.29, 0.717) is 43.2 Å². The highest BCUT2D eigenvalue weighted by Gasteiger charge is 2.30. The third kappa shape index (κ3) is 24.4. The number of methoxy groups -OCH3 is 1. The number of carbonyl (C=O) groups is 2. The number of nitrogens with two attached hydrogens (primary N) is 1. The van der Waals surface area contributed by atoms with Gasteiger partial charge in [-0.15, -0.1) is 6.58 Å². The number of aromatic nitrogens is 1. The number of likely N-dealkylation sites (tertiary alicyclic amines) is 1. The molecule has 70 heavy (non-hydrogen) atoms. The molecule has 2 aliphatic rings. The van der Waals surface area contributed by atoms with Gasteiger partial charge in [0.15, 0.2) is 0 Å². The first kappa shape index (κ1) is 68.0. The summed E-state index contributed by atoms with van der Waals surface area (Å²) in [7, 11) is 3.29. The molecule has 0 saturated carbocycles. The molecule has 1 aromatic heterocycles. The third-order valence-electron chi connectivity index (χ3n) is 11.6. The second-order valence-electron chi connectivity index (χ2n) is 19.1. The minimum absolute atomic E-state index is 0. The number of hydrogen-bond donors (Lipinski definition) is 5. The van der Waals surface area contributed by atoms with Crippen LogP contribution < -0.4 is 11.2 Å². The number of nitrogens with one attached hydrogen (secondary N) is 2. The van der Waals surface area contributed by atoms with Gasteiger partial charge in [-0.25, -0.2) is 9.90 Å². The molecule has 3 heterocycles. The summed E-state index contributed by atoms with van der Waals surface area (Å²) in [5.74, 6) is 1.14. The fourth-order valence-electron chi connectivity index (χ4n) is 8.73. The summed E-state index contributed by atoms with van der Waals surface area (Å²) in [6.45, 7) is 33.3. The lowest BCUT2D eigenvalue weighted by molar-refractivity contribution is -0.259. The molecule has 0 bridgehead atoms. The number of nitrogens with zero attached hydrogens (tertiary/aromatic N) is 4. The number of amides is 1. The molecular weight excluding hydrogens is 883 g/mol. The zero-order valence-corrected chi connectivity index (χ0v) is 43.7. The Labute approximate surface area is 429 Å². The van der Waals surface area contributed by atoms with Crippen LogP contribution >= 0.6 is 0 Å². The van der Waals surface area contributed by atoms with Crippen molar-refractivity contribution in [3.63, 3.8) is 0 Å². The molecule has 3 aromatic rings. The van der Waals surface area contributed by atoms with Crippen molar-refractivity contribution in [2.45, 2.75) is 140 Å². The summed E-state index contributed by atoms with van der Waals surface area (Å²) < 4.78 is 13.7. The van der Waals surface area contributed by atoms with Gasteiger partial charge in [0.1, 0.15) is 13.5 Å². The lowest BCUT2D eigenvalue weighted by Crippen LogP contribution is -2.48. The molecule has 5 rings (SSSR count). The number of hydrogen-bond acceptors (Lipinski definition) is 12. The van der Waals surface area contributed by atoms with Crippen LogP contribution in [0.3, 0.4) is 0 Å². The average molecular weight is 988 g/mol. The van der Waals surface area contributed by atoms with Crippen LogP contribution in [0.2, 0.25) is 0 Å². The van der Waals surface area contributed by atoms with Crippen LogP contribution in [0.1, 0.15) is 136 Å². The maximum absolute atomic E-state index is 11.1. The van der Waals surface area contributed by atoms with Crippen LogP contribution in [-0.2, 0) is 43.3 Å². The maximum Gasteiger partial charge on any atom is 0.245 e. The number of carbonyl (C=O) groups excluding carboxylic acids is 2. The van der Waals surface area contributed by atoms with Crippen molar-refractivity contribution in [1.82, 2.24) is 25.0 Å². The quantitative estimate of drug-likeness (QED) is 0.0171. The number of aryl methyl sites for hydroxylation is 2. The molecule has 6 N–H and O–H groups in total. The Hall–Kier alpha value is -4.09. The van der Waals surface area contributed by atoms with Crippen molar-refractivity contribution in [1.29, 1.82) is 5.41 Å². The molecule has 1 amide bonds. The van der Waals surface area contributed by atoms with Gasteiger partial charge in [0.2, 0.25) is 5.91 Å². The van der Waals surface area contributed by atoms with Gasteiger partial charge in [-0.1, -0.05) is 99.4 Å². The van der Waals surface area contributed by atoms with E-state index in [0.717, 1.165) is 81.9 Å².